The monoisotopic (exact) mass is 351 g/mol. The van der Waals surface area contributed by atoms with E-state index in [4.69, 9.17) is 4.74 Å². The molecule has 5 nitrogen and oxygen atoms in total. The van der Waals surface area contributed by atoms with Gasteiger partial charge in [-0.2, -0.15) is 0 Å². The first kappa shape index (κ1) is 15.3. The molecule has 114 valence electrons. The normalized spacial score (nSPS) is 10.8. The van der Waals surface area contributed by atoms with E-state index in [1.165, 1.54) is 11.3 Å². The van der Waals surface area contributed by atoms with Crippen molar-refractivity contribution in [2.75, 3.05) is 18.2 Å². The van der Waals surface area contributed by atoms with Gasteiger partial charge in [-0.05, 0) is 25.3 Å². The summed E-state index contributed by atoms with van der Waals surface area (Å²) in [4.78, 5) is 21.6. The molecule has 2 aromatic heterocycles. The van der Waals surface area contributed by atoms with Gasteiger partial charge in [0, 0.05) is 10.3 Å². The number of para-hydroxylation sites is 1. The van der Waals surface area contributed by atoms with Crippen molar-refractivity contribution < 1.29 is 9.53 Å². The van der Waals surface area contributed by atoms with Gasteiger partial charge < -0.3 is 10.1 Å². The van der Waals surface area contributed by atoms with Crippen LogP contribution in [0, 0.1) is 0 Å². The Morgan fingerprint density at radius 3 is 3.00 bits per heavy atom. The summed E-state index contributed by atoms with van der Waals surface area (Å²) in [5.74, 6) is -0.402. The van der Waals surface area contributed by atoms with E-state index >= 15 is 0 Å². The van der Waals surface area contributed by atoms with Crippen LogP contribution < -0.4 is 5.32 Å². The first-order valence-electron chi connectivity index (χ1n) is 6.54. The van der Waals surface area contributed by atoms with Crippen LogP contribution in [0.25, 0.3) is 10.2 Å². The lowest BCUT2D eigenvalue weighted by Crippen LogP contribution is -2.04. The number of carbonyl (C=O) groups is 1. The molecular formula is C14H13N3O2S3. The minimum Gasteiger partial charge on any atom is -0.461 e. The molecule has 0 atom stereocenters. The first-order valence-corrected chi connectivity index (χ1v) is 9.46. The van der Waals surface area contributed by atoms with E-state index in [9.17, 15) is 4.79 Å². The highest BCUT2D eigenvalue weighted by Gasteiger charge is 2.13. The Hall–Kier alpha value is -1.64. The molecule has 0 aliphatic rings. The molecule has 0 amide bonds. The number of thiazole rings is 2. The lowest BCUT2D eigenvalue weighted by Gasteiger charge is -1.97. The molecule has 0 saturated carbocycles. The zero-order valence-corrected chi connectivity index (χ0v) is 14.4. The lowest BCUT2D eigenvalue weighted by atomic mass is 10.3. The van der Waals surface area contributed by atoms with Gasteiger partial charge in [-0.15, -0.1) is 23.1 Å². The zero-order valence-electron chi connectivity index (χ0n) is 12.0. The molecule has 22 heavy (non-hydrogen) atoms. The van der Waals surface area contributed by atoms with Crippen LogP contribution in [0.2, 0.25) is 0 Å². The topological polar surface area (TPSA) is 64.1 Å². The Morgan fingerprint density at radius 1 is 1.36 bits per heavy atom. The molecule has 0 saturated heterocycles. The number of rotatable bonds is 5. The fourth-order valence-corrected chi connectivity index (χ4v) is 4.13. The Morgan fingerprint density at radius 2 is 2.23 bits per heavy atom. The predicted molar refractivity (Wildman–Crippen MR) is 92.8 cm³/mol. The largest absolute Gasteiger partial charge is 0.461 e. The molecule has 0 bridgehead atoms. The number of hydrogen-bond donors (Lipinski definition) is 1. The predicted octanol–water partition coefficient (Wildman–Crippen LogP) is 4.40. The van der Waals surface area contributed by atoms with Crippen molar-refractivity contribution in [2.24, 2.45) is 0 Å². The molecule has 1 aromatic carbocycles. The zero-order chi connectivity index (χ0) is 15.5. The number of nitrogens with one attached hydrogen (secondary N) is 1. The van der Waals surface area contributed by atoms with Crippen LogP contribution in [-0.4, -0.2) is 28.8 Å². The number of ether oxygens (including phenoxy) is 1. The molecular weight excluding hydrogens is 338 g/mol. The summed E-state index contributed by atoms with van der Waals surface area (Å²) in [5, 5.41) is 6.24. The highest BCUT2D eigenvalue weighted by atomic mass is 32.2. The molecule has 3 aromatic rings. The van der Waals surface area contributed by atoms with E-state index in [1.807, 2.05) is 18.4 Å². The number of anilines is 2. The van der Waals surface area contributed by atoms with Gasteiger partial charge in [0.25, 0.3) is 0 Å². The highest BCUT2D eigenvalue weighted by molar-refractivity contribution is 7.98. The molecule has 1 N–H and O–H groups in total. The van der Waals surface area contributed by atoms with Crippen LogP contribution in [0.4, 0.5) is 10.3 Å². The molecule has 2 heterocycles. The number of thioether (sulfide) groups is 1. The summed E-state index contributed by atoms with van der Waals surface area (Å²) in [5.41, 5.74) is 1.31. The SMILES string of the molecule is CCOC(=O)c1csc(Nc2nc3c(SC)cccc3s2)n1. The smallest absolute Gasteiger partial charge is 0.357 e. The van der Waals surface area contributed by atoms with E-state index in [-0.39, 0.29) is 0 Å². The maximum atomic E-state index is 11.6. The van der Waals surface area contributed by atoms with Crippen molar-refractivity contribution in [3.05, 3.63) is 29.3 Å². The quantitative estimate of drug-likeness (QED) is 0.543. The maximum absolute atomic E-state index is 11.6. The van der Waals surface area contributed by atoms with Gasteiger partial charge in [-0.25, -0.2) is 14.8 Å². The van der Waals surface area contributed by atoms with Gasteiger partial charge in [0.05, 0.1) is 16.8 Å². The van der Waals surface area contributed by atoms with Crippen LogP contribution in [-0.2, 0) is 4.74 Å². The van der Waals surface area contributed by atoms with Crippen molar-refractivity contribution in [3.8, 4) is 0 Å². The maximum Gasteiger partial charge on any atom is 0.357 e. The summed E-state index contributed by atoms with van der Waals surface area (Å²) in [6.07, 6.45) is 2.04. The third-order valence-corrected chi connectivity index (χ3v) is 5.27. The summed E-state index contributed by atoms with van der Waals surface area (Å²) in [6, 6.07) is 6.13. The fraction of sp³-hybridized carbons (Fsp3) is 0.214. The molecule has 0 radical (unpaired) electrons. The fourth-order valence-electron chi connectivity index (χ4n) is 1.86. The van der Waals surface area contributed by atoms with Crippen LogP contribution in [0.1, 0.15) is 17.4 Å². The minimum atomic E-state index is -0.402. The number of aromatic nitrogens is 2. The third-order valence-electron chi connectivity index (χ3n) is 2.80. The Balaban J connectivity index is 1.83. The number of benzene rings is 1. The molecule has 3 rings (SSSR count). The third kappa shape index (κ3) is 3.08. The van der Waals surface area contributed by atoms with Gasteiger partial charge in [-0.3, -0.25) is 0 Å². The molecule has 0 unspecified atom stereocenters. The van der Waals surface area contributed by atoms with Crippen molar-refractivity contribution in [1.82, 2.24) is 9.97 Å². The molecule has 0 aliphatic heterocycles. The van der Waals surface area contributed by atoms with Gasteiger partial charge in [0.1, 0.15) is 0 Å². The summed E-state index contributed by atoms with van der Waals surface area (Å²) >= 11 is 4.59. The van der Waals surface area contributed by atoms with Gasteiger partial charge in [0.2, 0.25) is 0 Å². The highest BCUT2D eigenvalue weighted by Crippen LogP contribution is 2.34. The number of hydrogen-bond acceptors (Lipinski definition) is 8. The van der Waals surface area contributed by atoms with Gasteiger partial charge in [-0.1, -0.05) is 17.4 Å². The molecule has 0 fully saturated rings. The second-order valence-electron chi connectivity index (χ2n) is 4.21. The number of carbonyl (C=O) groups excluding carboxylic acids is 1. The van der Waals surface area contributed by atoms with E-state index < -0.39 is 5.97 Å². The van der Waals surface area contributed by atoms with Gasteiger partial charge >= 0.3 is 5.97 Å². The van der Waals surface area contributed by atoms with Crippen molar-refractivity contribution >= 4 is 60.9 Å². The summed E-state index contributed by atoms with van der Waals surface area (Å²) < 4.78 is 6.05. The first-order chi connectivity index (χ1) is 10.7. The van der Waals surface area contributed by atoms with E-state index in [1.54, 1.807) is 35.4 Å². The van der Waals surface area contributed by atoms with Crippen molar-refractivity contribution in [3.63, 3.8) is 0 Å². The Labute approximate surface area is 139 Å². The lowest BCUT2D eigenvalue weighted by molar-refractivity contribution is 0.0520. The second-order valence-corrected chi connectivity index (χ2v) is 6.95. The molecule has 0 spiro atoms. The minimum absolute atomic E-state index is 0.320. The average Bonchev–Trinajstić information content (AvgIpc) is 3.13. The number of fused-ring (bicyclic) bond motifs is 1. The van der Waals surface area contributed by atoms with Crippen LogP contribution >= 0.6 is 34.4 Å². The van der Waals surface area contributed by atoms with Crippen molar-refractivity contribution in [2.45, 2.75) is 11.8 Å². The number of nitrogens with zero attached hydrogens (tertiary/aromatic N) is 2. The van der Waals surface area contributed by atoms with Crippen LogP contribution in [0.3, 0.4) is 0 Å². The van der Waals surface area contributed by atoms with E-state index in [0.29, 0.717) is 17.4 Å². The summed E-state index contributed by atoms with van der Waals surface area (Å²) in [6.45, 7) is 2.11. The van der Waals surface area contributed by atoms with Crippen LogP contribution in [0.5, 0.6) is 0 Å². The summed E-state index contributed by atoms with van der Waals surface area (Å²) in [7, 11) is 0. The van der Waals surface area contributed by atoms with Crippen molar-refractivity contribution in [1.29, 1.82) is 0 Å². The number of esters is 1. The second kappa shape index (κ2) is 6.64. The Kier molecular flexibility index (Phi) is 4.60. The van der Waals surface area contributed by atoms with E-state index in [0.717, 1.165) is 20.2 Å². The van der Waals surface area contributed by atoms with Crippen LogP contribution in [0.15, 0.2) is 28.5 Å². The average molecular weight is 351 g/mol. The van der Waals surface area contributed by atoms with Gasteiger partial charge in [0.15, 0.2) is 16.0 Å². The molecule has 0 aliphatic carbocycles. The standard InChI is InChI=1S/C14H13N3O2S3/c1-3-19-12(18)8-7-21-13(15-8)17-14-16-11-9(20-2)5-4-6-10(11)22-14/h4-7H,3H2,1-2H3,(H,15,16,17). The molecule has 8 heteroatoms. The Bertz CT molecular complexity index is 813. The van der Waals surface area contributed by atoms with E-state index in [2.05, 4.69) is 21.4 Å².